The summed E-state index contributed by atoms with van der Waals surface area (Å²) in [5.74, 6) is 0.386. The number of rotatable bonds is 5. The Kier molecular flexibility index (Phi) is 5.57. The van der Waals surface area contributed by atoms with Crippen molar-refractivity contribution in [2.45, 2.75) is 58.0 Å². The van der Waals surface area contributed by atoms with E-state index in [-0.39, 0.29) is 36.1 Å². The van der Waals surface area contributed by atoms with Gasteiger partial charge < -0.3 is 14.3 Å². The first kappa shape index (κ1) is 23.4. The highest BCUT2D eigenvalue weighted by Crippen LogP contribution is 2.67. The third-order valence-corrected chi connectivity index (χ3v) is 9.14. The first-order chi connectivity index (χ1) is 14.8. The van der Waals surface area contributed by atoms with Crippen LogP contribution in [0.15, 0.2) is 23.8 Å². The number of carbonyl (C=O) groups excluding carboxylic acids is 3. The predicted molar refractivity (Wildman–Crippen MR) is 120 cm³/mol. The molecule has 0 radical (unpaired) electrons. The van der Waals surface area contributed by atoms with E-state index >= 15 is 0 Å². The molecule has 4 aliphatic rings. The van der Waals surface area contributed by atoms with Gasteiger partial charge in [0.1, 0.15) is 5.60 Å². The van der Waals surface area contributed by atoms with Crippen molar-refractivity contribution in [2.24, 2.45) is 28.6 Å². The Hall–Kier alpha value is -1.79. The lowest BCUT2D eigenvalue weighted by Crippen LogP contribution is -2.58. The molecule has 176 valence electrons. The number of ether oxygens (including phenoxy) is 1. The molecule has 0 aromatic heterocycles. The van der Waals surface area contributed by atoms with Gasteiger partial charge >= 0.3 is 5.97 Å². The maximum atomic E-state index is 13.2. The molecule has 0 aromatic carbocycles. The molecular formula is C26H38NO5+. The number of aliphatic hydroxyl groups is 1. The topological polar surface area (TPSA) is 80.7 Å². The highest BCUT2D eigenvalue weighted by atomic mass is 16.5. The predicted octanol–water partition coefficient (Wildman–Crippen LogP) is 2.84. The minimum absolute atomic E-state index is 0.0808. The standard InChI is InChI=1S/C26H38NO5/c1-24-11-8-18(28)14-17(24)6-7-19-20(24)9-12-25(2)21(19)10-13-26(25,31)22(29)16-32-23(30)15-27(3,4)5/h8,11,14,19-21,31H,6-7,9-10,12-13,15-16H2,1-5H3/q+1/t19-,20+,21-,24+,25+,26-/m0/s1. The second-order valence-corrected chi connectivity index (χ2v) is 12.0. The van der Waals surface area contributed by atoms with Gasteiger partial charge in [-0.25, -0.2) is 4.79 Å². The fraction of sp³-hybridized carbons (Fsp3) is 0.731. The van der Waals surface area contributed by atoms with Crippen molar-refractivity contribution < 1.29 is 28.7 Å². The largest absolute Gasteiger partial charge is 0.453 e. The SMILES string of the molecule is C[C@@]12C=CC(=O)C=C1CC[C@H]1[C@H]2CC[C@]2(C)[C@H]1CC[C@]2(O)C(=O)COC(=O)C[N+](C)(C)C. The Bertz CT molecular complexity index is 898. The third kappa shape index (κ3) is 3.60. The molecule has 6 nitrogen and oxygen atoms in total. The lowest BCUT2D eigenvalue weighted by Gasteiger charge is -2.57. The number of hydrogen-bond donors (Lipinski definition) is 1. The Morgan fingerprint density at radius 3 is 2.50 bits per heavy atom. The molecule has 0 saturated heterocycles. The Morgan fingerprint density at radius 1 is 1.12 bits per heavy atom. The van der Waals surface area contributed by atoms with E-state index in [1.54, 1.807) is 6.08 Å². The van der Waals surface area contributed by atoms with Gasteiger partial charge in [-0.15, -0.1) is 0 Å². The van der Waals surface area contributed by atoms with Gasteiger partial charge in [-0.2, -0.15) is 0 Å². The molecule has 32 heavy (non-hydrogen) atoms. The van der Waals surface area contributed by atoms with Crippen LogP contribution in [0.4, 0.5) is 0 Å². The second kappa shape index (κ2) is 7.63. The number of likely N-dealkylation sites (N-methyl/N-ethyl adjacent to an activating group) is 1. The van der Waals surface area contributed by atoms with E-state index in [1.807, 2.05) is 27.2 Å². The van der Waals surface area contributed by atoms with Crippen LogP contribution in [-0.4, -0.2) is 67.0 Å². The number of ketones is 2. The fourth-order valence-corrected chi connectivity index (χ4v) is 7.37. The summed E-state index contributed by atoms with van der Waals surface area (Å²) in [5.41, 5.74) is -0.828. The minimum atomic E-state index is -1.45. The van der Waals surface area contributed by atoms with Crippen LogP contribution < -0.4 is 0 Å². The van der Waals surface area contributed by atoms with Gasteiger partial charge in [-0.3, -0.25) is 9.59 Å². The van der Waals surface area contributed by atoms with Gasteiger partial charge in [0.15, 0.2) is 18.9 Å². The second-order valence-electron chi connectivity index (χ2n) is 12.0. The van der Waals surface area contributed by atoms with Gasteiger partial charge in [-0.05, 0) is 68.4 Å². The first-order valence-corrected chi connectivity index (χ1v) is 12.0. The zero-order chi connectivity index (χ0) is 23.5. The highest BCUT2D eigenvalue weighted by Gasteiger charge is 2.66. The van der Waals surface area contributed by atoms with Crippen molar-refractivity contribution in [3.05, 3.63) is 23.8 Å². The molecule has 0 heterocycles. The van der Waals surface area contributed by atoms with E-state index in [2.05, 4.69) is 19.9 Å². The van der Waals surface area contributed by atoms with E-state index < -0.39 is 17.0 Å². The molecule has 0 unspecified atom stereocenters. The van der Waals surface area contributed by atoms with Crippen LogP contribution in [-0.2, 0) is 19.1 Å². The summed E-state index contributed by atoms with van der Waals surface area (Å²) in [4.78, 5) is 37.2. The molecule has 6 heteroatoms. The van der Waals surface area contributed by atoms with E-state index in [4.69, 9.17) is 4.74 Å². The number of hydrogen-bond acceptors (Lipinski definition) is 5. The van der Waals surface area contributed by atoms with Crippen molar-refractivity contribution in [3.63, 3.8) is 0 Å². The zero-order valence-electron chi connectivity index (χ0n) is 20.1. The number of Topliss-reactive ketones (excluding diaryl/α,β-unsaturated/α-hetero) is 1. The van der Waals surface area contributed by atoms with Crippen molar-refractivity contribution in [2.75, 3.05) is 34.3 Å². The molecule has 1 N–H and O–H groups in total. The van der Waals surface area contributed by atoms with Crippen LogP contribution in [0.5, 0.6) is 0 Å². The molecule has 4 aliphatic carbocycles. The van der Waals surface area contributed by atoms with Crippen LogP contribution in [0.1, 0.15) is 52.4 Å². The average Bonchev–Trinajstić information content (AvgIpc) is 2.97. The van der Waals surface area contributed by atoms with Crippen LogP contribution in [0.3, 0.4) is 0 Å². The first-order valence-electron chi connectivity index (χ1n) is 12.0. The highest BCUT2D eigenvalue weighted by molar-refractivity contribution is 6.01. The molecule has 0 aromatic rings. The average molecular weight is 445 g/mol. The minimum Gasteiger partial charge on any atom is -0.453 e. The van der Waals surface area contributed by atoms with Crippen LogP contribution in [0, 0.1) is 28.6 Å². The fourth-order valence-electron chi connectivity index (χ4n) is 7.37. The summed E-state index contributed by atoms with van der Waals surface area (Å²) in [7, 11) is 5.67. The van der Waals surface area contributed by atoms with Gasteiger partial charge in [0, 0.05) is 10.8 Å². The molecule has 6 atom stereocenters. The van der Waals surface area contributed by atoms with Crippen molar-refractivity contribution in [1.82, 2.24) is 0 Å². The van der Waals surface area contributed by atoms with E-state index in [0.29, 0.717) is 22.7 Å². The van der Waals surface area contributed by atoms with Crippen LogP contribution >= 0.6 is 0 Å². The van der Waals surface area contributed by atoms with Gasteiger partial charge in [0.05, 0.1) is 21.1 Å². The number of quaternary nitrogens is 1. The van der Waals surface area contributed by atoms with E-state index in [9.17, 15) is 19.5 Å². The molecular weight excluding hydrogens is 406 g/mol. The van der Waals surface area contributed by atoms with Gasteiger partial charge in [0.2, 0.25) is 5.78 Å². The van der Waals surface area contributed by atoms with Gasteiger partial charge in [-0.1, -0.05) is 25.5 Å². The lowest BCUT2D eigenvalue weighted by atomic mass is 9.47. The summed E-state index contributed by atoms with van der Waals surface area (Å²) in [6.07, 6.45) is 10.4. The third-order valence-electron chi connectivity index (χ3n) is 9.14. The summed E-state index contributed by atoms with van der Waals surface area (Å²) in [5, 5.41) is 11.7. The number of nitrogens with zero attached hydrogens (tertiary/aromatic N) is 1. The van der Waals surface area contributed by atoms with Crippen molar-refractivity contribution in [3.8, 4) is 0 Å². The number of carbonyl (C=O) groups is 3. The number of allylic oxidation sites excluding steroid dienone is 4. The summed E-state index contributed by atoms with van der Waals surface area (Å²) < 4.78 is 5.70. The Balaban J connectivity index is 1.51. The summed E-state index contributed by atoms with van der Waals surface area (Å²) in [6, 6.07) is 0. The lowest BCUT2D eigenvalue weighted by molar-refractivity contribution is -0.862. The molecule has 0 aliphatic heterocycles. The van der Waals surface area contributed by atoms with Crippen molar-refractivity contribution >= 4 is 17.5 Å². The van der Waals surface area contributed by atoms with Gasteiger partial charge in [0.25, 0.3) is 0 Å². The number of esters is 1. The zero-order valence-corrected chi connectivity index (χ0v) is 20.1. The Morgan fingerprint density at radius 2 is 1.81 bits per heavy atom. The van der Waals surface area contributed by atoms with Crippen LogP contribution in [0.2, 0.25) is 0 Å². The summed E-state index contributed by atoms with van der Waals surface area (Å²) in [6.45, 7) is 4.14. The maximum Gasteiger partial charge on any atom is 0.362 e. The Labute approximate surface area is 191 Å². The summed E-state index contributed by atoms with van der Waals surface area (Å²) >= 11 is 0. The quantitative estimate of drug-likeness (QED) is 0.521. The van der Waals surface area contributed by atoms with Crippen LogP contribution in [0.25, 0.3) is 0 Å². The monoisotopic (exact) mass is 444 g/mol. The maximum absolute atomic E-state index is 13.2. The van der Waals surface area contributed by atoms with E-state index in [0.717, 1.165) is 32.1 Å². The van der Waals surface area contributed by atoms with Crippen molar-refractivity contribution in [1.29, 1.82) is 0 Å². The molecule has 0 spiro atoms. The molecule has 0 amide bonds. The number of fused-ring (bicyclic) bond motifs is 5. The normalized spacial score (nSPS) is 40.8. The molecule has 3 saturated carbocycles. The molecule has 0 bridgehead atoms. The molecule has 4 rings (SSSR count). The smallest absolute Gasteiger partial charge is 0.362 e. The molecule has 3 fully saturated rings. The van der Waals surface area contributed by atoms with E-state index in [1.165, 1.54) is 5.57 Å².